The van der Waals surface area contributed by atoms with Crippen molar-refractivity contribution < 1.29 is 14.6 Å². The predicted octanol–water partition coefficient (Wildman–Crippen LogP) is 1.41. The van der Waals surface area contributed by atoms with Crippen molar-refractivity contribution in [2.75, 3.05) is 6.61 Å². The zero-order valence-corrected chi connectivity index (χ0v) is 9.19. The smallest absolute Gasteiger partial charge is 0.354 e. The Labute approximate surface area is 96.7 Å². The molecule has 0 saturated heterocycles. The van der Waals surface area contributed by atoms with Crippen molar-refractivity contribution in [3.05, 3.63) is 40.2 Å². The van der Waals surface area contributed by atoms with E-state index in [2.05, 4.69) is 4.98 Å². The highest BCUT2D eigenvalue weighted by Gasteiger charge is 2.10. The third-order valence-corrected chi connectivity index (χ3v) is 2.31. The molecule has 0 aliphatic heterocycles. The van der Waals surface area contributed by atoms with Crippen LogP contribution in [-0.4, -0.2) is 22.7 Å². The molecule has 0 radical (unpaired) electrons. The number of hydrogen-bond acceptors (Lipinski definition) is 4. The van der Waals surface area contributed by atoms with E-state index in [1.807, 2.05) is 0 Å². The molecule has 5 heteroatoms. The molecule has 2 N–H and O–H groups in total. The molecule has 1 aromatic heterocycles. The number of phenols is 1. The lowest BCUT2D eigenvalue weighted by atomic mass is 10.2. The number of carbonyl (C=O) groups excluding carboxylic acids is 1. The van der Waals surface area contributed by atoms with E-state index < -0.39 is 5.97 Å². The third-order valence-electron chi connectivity index (χ3n) is 2.31. The number of rotatable bonds is 2. The lowest BCUT2D eigenvalue weighted by Gasteiger charge is -2.04. The van der Waals surface area contributed by atoms with Crippen molar-refractivity contribution in [1.29, 1.82) is 0 Å². The standard InChI is InChI=1S/C12H11NO4/c1-2-17-12(16)10-6-11(15)8-5-7(14)3-4-9(8)13-10/h3-6,14H,2H2,1H3,(H,13,15). The highest BCUT2D eigenvalue weighted by Crippen LogP contribution is 2.15. The molecule has 0 fully saturated rings. The highest BCUT2D eigenvalue weighted by molar-refractivity contribution is 5.91. The van der Waals surface area contributed by atoms with Gasteiger partial charge in [0.15, 0.2) is 5.43 Å². The Hall–Kier alpha value is -2.30. The summed E-state index contributed by atoms with van der Waals surface area (Å²) < 4.78 is 4.80. The topological polar surface area (TPSA) is 79.4 Å². The van der Waals surface area contributed by atoms with Gasteiger partial charge in [-0.3, -0.25) is 4.79 Å². The number of nitrogens with one attached hydrogen (secondary N) is 1. The van der Waals surface area contributed by atoms with Gasteiger partial charge >= 0.3 is 5.97 Å². The molecule has 0 unspecified atom stereocenters. The Morgan fingerprint density at radius 3 is 2.88 bits per heavy atom. The van der Waals surface area contributed by atoms with Gasteiger partial charge < -0.3 is 14.8 Å². The van der Waals surface area contributed by atoms with Crippen LogP contribution in [0, 0.1) is 0 Å². The number of benzene rings is 1. The molecule has 0 saturated carbocycles. The number of aromatic hydroxyl groups is 1. The van der Waals surface area contributed by atoms with Crippen LogP contribution in [0.25, 0.3) is 10.9 Å². The van der Waals surface area contributed by atoms with E-state index in [1.165, 1.54) is 24.3 Å². The molecule has 0 amide bonds. The van der Waals surface area contributed by atoms with Crippen molar-refractivity contribution in [2.24, 2.45) is 0 Å². The van der Waals surface area contributed by atoms with Crippen LogP contribution in [0.3, 0.4) is 0 Å². The lowest BCUT2D eigenvalue weighted by Crippen LogP contribution is -2.12. The molecule has 88 valence electrons. The number of phenolic OH excluding ortho intramolecular Hbond substituents is 1. The van der Waals surface area contributed by atoms with Crippen molar-refractivity contribution in [2.45, 2.75) is 6.92 Å². The van der Waals surface area contributed by atoms with Crippen LogP contribution in [0.5, 0.6) is 5.75 Å². The van der Waals surface area contributed by atoms with E-state index in [9.17, 15) is 14.7 Å². The van der Waals surface area contributed by atoms with Crippen LogP contribution in [0.15, 0.2) is 29.1 Å². The van der Waals surface area contributed by atoms with Crippen LogP contribution >= 0.6 is 0 Å². The highest BCUT2D eigenvalue weighted by atomic mass is 16.5. The molecule has 5 nitrogen and oxygen atoms in total. The van der Waals surface area contributed by atoms with Crippen LogP contribution in [0.2, 0.25) is 0 Å². The van der Waals surface area contributed by atoms with Gasteiger partial charge in [-0.05, 0) is 25.1 Å². The predicted molar refractivity (Wildman–Crippen MR) is 62.2 cm³/mol. The number of esters is 1. The van der Waals surface area contributed by atoms with E-state index in [-0.39, 0.29) is 23.5 Å². The van der Waals surface area contributed by atoms with Crippen LogP contribution in [0.1, 0.15) is 17.4 Å². The second-order valence-electron chi connectivity index (χ2n) is 3.50. The Morgan fingerprint density at radius 2 is 2.18 bits per heavy atom. The number of ether oxygens (including phenoxy) is 1. The summed E-state index contributed by atoms with van der Waals surface area (Å²) >= 11 is 0. The molecular formula is C12H11NO4. The summed E-state index contributed by atoms with van der Waals surface area (Å²) in [4.78, 5) is 26.0. The summed E-state index contributed by atoms with van der Waals surface area (Å²) in [5.74, 6) is -0.563. The maximum Gasteiger partial charge on any atom is 0.354 e. The number of carbonyl (C=O) groups is 1. The van der Waals surface area contributed by atoms with Gasteiger partial charge in [-0.15, -0.1) is 0 Å². The number of hydrogen-bond donors (Lipinski definition) is 2. The molecule has 1 heterocycles. The van der Waals surface area contributed by atoms with Gasteiger partial charge in [0, 0.05) is 11.5 Å². The molecule has 2 aromatic rings. The Bertz CT molecular complexity index is 630. The monoisotopic (exact) mass is 233 g/mol. The first-order valence-electron chi connectivity index (χ1n) is 5.15. The molecule has 0 atom stereocenters. The lowest BCUT2D eigenvalue weighted by molar-refractivity contribution is 0.0520. The van der Waals surface area contributed by atoms with E-state index in [0.29, 0.717) is 10.9 Å². The summed E-state index contributed by atoms with van der Waals surface area (Å²) in [6.07, 6.45) is 0. The Kier molecular flexibility index (Phi) is 2.82. The van der Waals surface area contributed by atoms with Crippen LogP contribution < -0.4 is 5.43 Å². The maximum atomic E-state index is 11.7. The Balaban J connectivity index is 2.60. The first-order chi connectivity index (χ1) is 8.11. The number of aromatic amines is 1. The minimum absolute atomic E-state index is 0.00637. The van der Waals surface area contributed by atoms with Crippen molar-refractivity contribution in [3.8, 4) is 5.75 Å². The fourth-order valence-electron chi connectivity index (χ4n) is 1.55. The fourth-order valence-corrected chi connectivity index (χ4v) is 1.55. The average Bonchev–Trinajstić information content (AvgIpc) is 2.30. The molecule has 2 rings (SSSR count). The number of pyridine rings is 1. The van der Waals surface area contributed by atoms with Gasteiger partial charge in [-0.2, -0.15) is 0 Å². The van der Waals surface area contributed by atoms with Crippen molar-refractivity contribution >= 4 is 16.9 Å². The third kappa shape index (κ3) is 2.13. The number of fused-ring (bicyclic) bond motifs is 1. The molecule has 0 aliphatic rings. The minimum atomic E-state index is -0.570. The summed E-state index contributed by atoms with van der Waals surface area (Å²) in [7, 11) is 0. The first-order valence-corrected chi connectivity index (χ1v) is 5.15. The molecule has 0 bridgehead atoms. The van der Waals surface area contributed by atoms with Gasteiger partial charge in [0.25, 0.3) is 0 Å². The summed E-state index contributed by atoms with van der Waals surface area (Å²) in [6.45, 7) is 1.93. The van der Waals surface area contributed by atoms with Gasteiger partial charge in [0.05, 0.1) is 12.1 Å². The zero-order valence-electron chi connectivity index (χ0n) is 9.19. The van der Waals surface area contributed by atoms with Gasteiger partial charge in [0.2, 0.25) is 0 Å². The minimum Gasteiger partial charge on any atom is -0.508 e. The van der Waals surface area contributed by atoms with Gasteiger partial charge in [-0.1, -0.05) is 0 Å². The number of aromatic nitrogens is 1. The quantitative estimate of drug-likeness (QED) is 0.768. The van der Waals surface area contributed by atoms with Crippen molar-refractivity contribution in [1.82, 2.24) is 4.98 Å². The normalized spacial score (nSPS) is 10.4. The largest absolute Gasteiger partial charge is 0.508 e. The average molecular weight is 233 g/mol. The zero-order chi connectivity index (χ0) is 12.4. The van der Waals surface area contributed by atoms with E-state index >= 15 is 0 Å². The summed E-state index contributed by atoms with van der Waals surface area (Å²) in [5.41, 5.74) is 0.256. The van der Waals surface area contributed by atoms with Gasteiger partial charge in [0.1, 0.15) is 11.4 Å². The SMILES string of the molecule is CCOC(=O)c1cc(=O)c2cc(O)ccc2[nH]1. The molecule has 1 aromatic carbocycles. The first kappa shape index (κ1) is 11.2. The number of H-pyrrole nitrogens is 1. The summed E-state index contributed by atoms with van der Waals surface area (Å²) in [6, 6.07) is 5.49. The van der Waals surface area contributed by atoms with Crippen LogP contribution in [0.4, 0.5) is 0 Å². The van der Waals surface area contributed by atoms with E-state index in [0.717, 1.165) is 0 Å². The fraction of sp³-hybridized carbons (Fsp3) is 0.167. The van der Waals surface area contributed by atoms with E-state index in [4.69, 9.17) is 4.74 Å². The second kappa shape index (κ2) is 4.29. The van der Waals surface area contributed by atoms with Crippen LogP contribution in [-0.2, 0) is 4.74 Å². The molecule has 0 spiro atoms. The van der Waals surface area contributed by atoms with E-state index in [1.54, 1.807) is 6.92 Å². The summed E-state index contributed by atoms with van der Waals surface area (Å²) in [5, 5.41) is 9.60. The second-order valence-corrected chi connectivity index (χ2v) is 3.50. The van der Waals surface area contributed by atoms with Crippen molar-refractivity contribution in [3.63, 3.8) is 0 Å². The molecule has 0 aliphatic carbocycles. The molecule has 17 heavy (non-hydrogen) atoms. The Morgan fingerprint density at radius 1 is 1.41 bits per heavy atom. The maximum absolute atomic E-state index is 11.7. The van der Waals surface area contributed by atoms with Gasteiger partial charge in [-0.25, -0.2) is 4.79 Å². The molecular weight excluding hydrogens is 222 g/mol.